The summed E-state index contributed by atoms with van der Waals surface area (Å²) in [5.41, 5.74) is 6.78. The summed E-state index contributed by atoms with van der Waals surface area (Å²) in [6.45, 7) is 0. The summed E-state index contributed by atoms with van der Waals surface area (Å²) in [6.07, 6.45) is 8.45. The van der Waals surface area contributed by atoms with Gasteiger partial charge in [0.1, 0.15) is 11.5 Å². The standard InChI is InChI=1S/C25H32N4O4/c1-32-22-12-8-10-20(16-22)18-26-28-24(30)14-6-4-3-5-7-15-25(31)29-27-19-21-11-9-13-23(17-21)33-2/h8-13,16-19H,3-7,14-15H2,1-2H3,(H,28,30)(H,29,31)/b26-18-,27-19+. The monoisotopic (exact) mass is 452 g/mol. The van der Waals surface area contributed by atoms with Crippen LogP contribution in [0, 0.1) is 0 Å². The molecule has 0 aliphatic carbocycles. The van der Waals surface area contributed by atoms with Crippen molar-refractivity contribution in [1.82, 2.24) is 10.9 Å². The minimum atomic E-state index is -0.109. The lowest BCUT2D eigenvalue weighted by molar-refractivity contribution is -0.121. The number of amides is 2. The molecule has 0 fully saturated rings. The zero-order chi connectivity index (χ0) is 23.7. The van der Waals surface area contributed by atoms with E-state index in [-0.39, 0.29) is 11.8 Å². The number of unbranched alkanes of at least 4 members (excludes halogenated alkanes) is 4. The molecule has 2 N–H and O–H groups in total. The zero-order valence-corrected chi connectivity index (χ0v) is 19.3. The maximum absolute atomic E-state index is 11.9. The van der Waals surface area contributed by atoms with E-state index in [4.69, 9.17) is 9.47 Å². The van der Waals surface area contributed by atoms with E-state index in [0.717, 1.165) is 54.7 Å². The van der Waals surface area contributed by atoms with Crippen LogP contribution in [0.1, 0.15) is 56.1 Å². The maximum atomic E-state index is 11.9. The molecule has 0 unspecified atom stereocenters. The van der Waals surface area contributed by atoms with Gasteiger partial charge in [-0.15, -0.1) is 0 Å². The molecule has 0 aromatic heterocycles. The molecule has 0 heterocycles. The molecule has 0 radical (unpaired) electrons. The maximum Gasteiger partial charge on any atom is 0.240 e. The third-order valence-corrected chi connectivity index (χ3v) is 4.80. The van der Waals surface area contributed by atoms with Gasteiger partial charge >= 0.3 is 0 Å². The normalized spacial score (nSPS) is 11.0. The van der Waals surface area contributed by atoms with Crippen LogP contribution in [0.25, 0.3) is 0 Å². The molecular weight excluding hydrogens is 420 g/mol. The summed E-state index contributed by atoms with van der Waals surface area (Å²) in [4.78, 5) is 23.7. The number of ether oxygens (including phenoxy) is 2. The lowest BCUT2D eigenvalue weighted by atomic mass is 10.1. The molecule has 0 bridgehead atoms. The van der Waals surface area contributed by atoms with E-state index in [1.54, 1.807) is 26.6 Å². The van der Waals surface area contributed by atoms with Gasteiger partial charge in [0.2, 0.25) is 11.8 Å². The number of carbonyl (C=O) groups excluding carboxylic acids is 2. The number of benzene rings is 2. The molecule has 0 spiro atoms. The topological polar surface area (TPSA) is 101 Å². The number of carbonyl (C=O) groups is 2. The van der Waals surface area contributed by atoms with Crippen LogP contribution >= 0.6 is 0 Å². The Kier molecular flexibility index (Phi) is 11.8. The van der Waals surface area contributed by atoms with E-state index < -0.39 is 0 Å². The smallest absolute Gasteiger partial charge is 0.240 e. The summed E-state index contributed by atoms with van der Waals surface area (Å²) < 4.78 is 10.3. The minimum absolute atomic E-state index is 0.109. The highest BCUT2D eigenvalue weighted by Gasteiger charge is 2.02. The van der Waals surface area contributed by atoms with Crippen LogP contribution in [0.4, 0.5) is 0 Å². The molecule has 8 heteroatoms. The Labute approximate surface area is 195 Å². The van der Waals surface area contributed by atoms with E-state index in [1.807, 2.05) is 48.5 Å². The number of hydrazone groups is 2. The quantitative estimate of drug-likeness (QED) is 0.257. The lowest BCUT2D eigenvalue weighted by Crippen LogP contribution is -2.17. The molecule has 176 valence electrons. The molecule has 2 amide bonds. The molecule has 2 rings (SSSR count). The van der Waals surface area contributed by atoms with Gasteiger partial charge in [0.25, 0.3) is 0 Å². The van der Waals surface area contributed by atoms with Crippen LogP contribution in [-0.4, -0.2) is 38.5 Å². The molecule has 33 heavy (non-hydrogen) atoms. The first-order chi connectivity index (χ1) is 16.1. The third-order valence-electron chi connectivity index (χ3n) is 4.80. The van der Waals surface area contributed by atoms with Crippen molar-refractivity contribution in [2.24, 2.45) is 10.2 Å². The number of rotatable bonds is 14. The van der Waals surface area contributed by atoms with Crippen molar-refractivity contribution in [2.75, 3.05) is 14.2 Å². The van der Waals surface area contributed by atoms with Gasteiger partial charge in [0.15, 0.2) is 0 Å². The predicted octanol–water partition coefficient (Wildman–Crippen LogP) is 4.03. The molecule has 0 aliphatic heterocycles. The van der Waals surface area contributed by atoms with Gasteiger partial charge in [-0.25, -0.2) is 10.9 Å². The SMILES string of the molecule is COc1cccc(/C=N\NC(=O)CCCCCCCC(=O)N/N=C/c2cccc(OC)c2)c1. The van der Waals surface area contributed by atoms with Crippen molar-refractivity contribution in [3.63, 3.8) is 0 Å². The fraction of sp³-hybridized carbons (Fsp3) is 0.360. The van der Waals surface area contributed by atoms with Crippen molar-refractivity contribution in [3.05, 3.63) is 59.7 Å². The van der Waals surface area contributed by atoms with Crippen LogP contribution < -0.4 is 20.3 Å². The number of nitrogens with zero attached hydrogens (tertiary/aromatic N) is 2. The van der Waals surface area contributed by atoms with Gasteiger partial charge in [-0.2, -0.15) is 10.2 Å². The van der Waals surface area contributed by atoms with Crippen molar-refractivity contribution in [1.29, 1.82) is 0 Å². The average Bonchev–Trinajstić information content (AvgIpc) is 2.83. The molecule has 0 atom stereocenters. The fourth-order valence-corrected chi connectivity index (χ4v) is 3.01. The summed E-state index contributed by atoms with van der Waals surface area (Å²) in [5, 5.41) is 7.95. The highest BCUT2D eigenvalue weighted by Crippen LogP contribution is 2.12. The second kappa shape index (κ2) is 15.2. The number of nitrogens with one attached hydrogen (secondary N) is 2. The number of hydrogen-bond acceptors (Lipinski definition) is 6. The van der Waals surface area contributed by atoms with Crippen molar-refractivity contribution in [3.8, 4) is 11.5 Å². The molecule has 2 aromatic rings. The minimum Gasteiger partial charge on any atom is -0.497 e. The van der Waals surface area contributed by atoms with E-state index in [0.29, 0.717) is 12.8 Å². The predicted molar refractivity (Wildman–Crippen MR) is 130 cm³/mol. The average molecular weight is 453 g/mol. The number of methoxy groups -OCH3 is 2. The Hall–Kier alpha value is -3.68. The summed E-state index contributed by atoms with van der Waals surface area (Å²) in [5.74, 6) is 1.26. The van der Waals surface area contributed by atoms with Gasteiger partial charge in [-0.1, -0.05) is 43.5 Å². The first-order valence-corrected chi connectivity index (χ1v) is 11.0. The van der Waals surface area contributed by atoms with E-state index in [9.17, 15) is 9.59 Å². The van der Waals surface area contributed by atoms with Crippen molar-refractivity contribution < 1.29 is 19.1 Å². The fourth-order valence-electron chi connectivity index (χ4n) is 3.01. The van der Waals surface area contributed by atoms with Gasteiger partial charge in [-0.3, -0.25) is 9.59 Å². The summed E-state index contributed by atoms with van der Waals surface area (Å²) >= 11 is 0. The number of hydrogen-bond donors (Lipinski definition) is 2. The largest absolute Gasteiger partial charge is 0.497 e. The van der Waals surface area contributed by atoms with E-state index in [1.165, 1.54) is 0 Å². The second-order valence-electron chi connectivity index (χ2n) is 7.41. The molecule has 0 saturated carbocycles. The Balaban J connectivity index is 1.49. The Morgan fingerprint density at radius 3 is 1.58 bits per heavy atom. The first kappa shape index (κ1) is 25.6. The van der Waals surface area contributed by atoms with Crippen molar-refractivity contribution >= 4 is 24.2 Å². The Morgan fingerprint density at radius 1 is 0.727 bits per heavy atom. The van der Waals surface area contributed by atoms with Crippen molar-refractivity contribution in [2.45, 2.75) is 44.9 Å². The first-order valence-electron chi connectivity index (χ1n) is 11.0. The molecule has 2 aromatic carbocycles. The second-order valence-corrected chi connectivity index (χ2v) is 7.41. The lowest BCUT2D eigenvalue weighted by Gasteiger charge is -2.03. The van der Waals surface area contributed by atoms with Gasteiger partial charge in [0.05, 0.1) is 26.6 Å². The Morgan fingerprint density at radius 2 is 1.15 bits per heavy atom. The zero-order valence-electron chi connectivity index (χ0n) is 19.3. The Bertz CT molecular complexity index is 868. The molecule has 8 nitrogen and oxygen atoms in total. The van der Waals surface area contributed by atoms with E-state index in [2.05, 4.69) is 21.1 Å². The molecule has 0 aliphatic rings. The van der Waals surface area contributed by atoms with Gasteiger partial charge in [-0.05, 0) is 48.2 Å². The van der Waals surface area contributed by atoms with Crippen LogP contribution in [0.2, 0.25) is 0 Å². The highest BCUT2D eigenvalue weighted by molar-refractivity contribution is 5.83. The van der Waals surface area contributed by atoms with E-state index >= 15 is 0 Å². The van der Waals surface area contributed by atoms with Crippen LogP contribution in [0.5, 0.6) is 11.5 Å². The third kappa shape index (κ3) is 11.0. The van der Waals surface area contributed by atoms with Gasteiger partial charge < -0.3 is 9.47 Å². The van der Waals surface area contributed by atoms with Crippen LogP contribution in [0.3, 0.4) is 0 Å². The van der Waals surface area contributed by atoms with Gasteiger partial charge in [0, 0.05) is 12.8 Å². The molecule has 0 saturated heterocycles. The summed E-state index contributed by atoms with van der Waals surface area (Å²) in [6, 6.07) is 14.9. The van der Waals surface area contributed by atoms with Crippen LogP contribution in [0.15, 0.2) is 58.7 Å². The molecular formula is C25H32N4O4. The highest BCUT2D eigenvalue weighted by atomic mass is 16.5. The van der Waals surface area contributed by atoms with Crippen LogP contribution in [-0.2, 0) is 9.59 Å². The summed E-state index contributed by atoms with van der Waals surface area (Å²) in [7, 11) is 3.21.